The van der Waals surface area contributed by atoms with Crippen LogP contribution < -0.4 is 9.64 Å². The van der Waals surface area contributed by atoms with Gasteiger partial charge in [-0.15, -0.1) is 0 Å². The van der Waals surface area contributed by atoms with Crippen LogP contribution in [0.1, 0.15) is 18.1 Å². The Morgan fingerprint density at radius 3 is 2.45 bits per heavy atom. The van der Waals surface area contributed by atoms with Crippen molar-refractivity contribution >= 4 is 11.6 Å². The van der Waals surface area contributed by atoms with E-state index in [2.05, 4.69) is 9.97 Å². The number of hydrogen-bond acceptors (Lipinski definition) is 4. The molecule has 22 heavy (non-hydrogen) atoms. The van der Waals surface area contributed by atoms with Crippen LogP contribution in [0.5, 0.6) is 5.88 Å². The number of alkyl halides is 3. The number of aryl methyl sites for hydroxylation is 1. The molecule has 2 aromatic rings. The molecule has 1 aromatic heterocycles. The van der Waals surface area contributed by atoms with Crippen molar-refractivity contribution in [2.75, 3.05) is 18.6 Å². The predicted octanol–water partition coefficient (Wildman–Crippen LogP) is 3.97. The van der Waals surface area contributed by atoms with Gasteiger partial charge in [-0.05, 0) is 25.5 Å². The highest BCUT2D eigenvalue weighted by Crippen LogP contribution is 2.36. The third-order valence-corrected chi connectivity index (χ3v) is 3.20. The van der Waals surface area contributed by atoms with Crippen molar-refractivity contribution in [3.63, 3.8) is 0 Å². The number of rotatable bonds is 4. The molecular weight excluding hydrogens is 295 g/mol. The quantitative estimate of drug-likeness (QED) is 0.856. The maximum Gasteiger partial charge on any atom is 0.423 e. The van der Waals surface area contributed by atoms with Crippen molar-refractivity contribution in [2.24, 2.45) is 0 Å². The minimum Gasteiger partial charge on any atom is -0.480 e. The first kappa shape index (κ1) is 16.1. The second-order valence-corrected chi connectivity index (χ2v) is 4.62. The van der Waals surface area contributed by atoms with E-state index < -0.39 is 17.6 Å². The summed E-state index contributed by atoms with van der Waals surface area (Å²) in [7, 11) is 1.16. The standard InChI is InChI=1S/C15H16F3N3O/c1-4-21(12-8-6-5-7-10(12)2)14-19-9-11(15(16,17)18)13(20-14)22-3/h5-9H,4H2,1-3H3. The van der Waals surface area contributed by atoms with Gasteiger partial charge in [0.2, 0.25) is 11.8 Å². The fourth-order valence-electron chi connectivity index (χ4n) is 2.12. The number of nitrogens with zero attached hydrogens (tertiary/aromatic N) is 3. The molecule has 7 heteroatoms. The summed E-state index contributed by atoms with van der Waals surface area (Å²) >= 11 is 0. The first-order valence-electron chi connectivity index (χ1n) is 6.69. The minimum absolute atomic E-state index is 0.168. The van der Waals surface area contributed by atoms with E-state index in [1.165, 1.54) is 0 Å². The molecule has 0 radical (unpaired) electrons. The summed E-state index contributed by atoms with van der Waals surface area (Å²) in [5, 5.41) is 0. The van der Waals surface area contributed by atoms with Crippen LogP contribution in [0.15, 0.2) is 30.5 Å². The van der Waals surface area contributed by atoms with Gasteiger partial charge in [-0.2, -0.15) is 18.2 Å². The zero-order valence-electron chi connectivity index (χ0n) is 12.5. The molecule has 0 spiro atoms. The fourth-order valence-corrected chi connectivity index (χ4v) is 2.12. The molecule has 1 aromatic carbocycles. The van der Waals surface area contributed by atoms with Crippen LogP contribution in [0.2, 0.25) is 0 Å². The van der Waals surface area contributed by atoms with E-state index in [9.17, 15) is 13.2 Å². The number of para-hydroxylation sites is 1. The summed E-state index contributed by atoms with van der Waals surface area (Å²) in [5.41, 5.74) is 0.832. The summed E-state index contributed by atoms with van der Waals surface area (Å²) in [5.74, 6) is -0.314. The lowest BCUT2D eigenvalue weighted by molar-refractivity contribution is -0.139. The van der Waals surface area contributed by atoms with Gasteiger partial charge in [0, 0.05) is 18.4 Å². The van der Waals surface area contributed by atoms with Crippen molar-refractivity contribution in [2.45, 2.75) is 20.0 Å². The number of hydrogen-bond donors (Lipinski definition) is 0. The van der Waals surface area contributed by atoms with Crippen LogP contribution in [0.3, 0.4) is 0 Å². The predicted molar refractivity (Wildman–Crippen MR) is 77.4 cm³/mol. The van der Waals surface area contributed by atoms with Gasteiger partial charge in [0.05, 0.1) is 7.11 Å². The molecule has 0 fully saturated rings. The van der Waals surface area contributed by atoms with Crippen molar-refractivity contribution in [3.05, 3.63) is 41.6 Å². The highest BCUT2D eigenvalue weighted by Gasteiger charge is 2.36. The zero-order chi connectivity index (χ0) is 16.3. The molecule has 0 saturated heterocycles. The fraction of sp³-hybridized carbons (Fsp3) is 0.333. The topological polar surface area (TPSA) is 38.2 Å². The lowest BCUT2D eigenvalue weighted by atomic mass is 10.2. The zero-order valence-corrected chi connectivity index (χ0v) is 12.5. The Bertz CT molecular complexity index is 659. The van der Waals surface area contributed by atoms with Crippen LogP contribution in [0, 0.1) is 6.92 Å². The van der Waals surface area contributed by atoms with Crippen molar-refractivity contribution < 1.29 is 17.9 Å². The maximum atomic E-state index is 12.9. The largest absolute Gasteiger partial charge is 0.480 e. The molecule has 0 N–H and O–H groups in total. The van der Waals surface area contributed by atoms with Gasteiger partial charge in [-0.3, -0.25) is 0 Å². The van der Waals surface area contributed by atoms with Crippen LogP contribution in [-0.4, -0.2) is 23.6 Å². The maximum absolute atomic E-state index is 12.9. The van der Waals surface area contributed by atoms with Crippen molar-refractivity contribution in [1.82, 2.24) is 9.97 Å². The average molecular weight is 311 g/mol. The Morgan fingerprint density at radius 2 is 1.91 bits per heavy atom. The third-order valence-electron chi connectivity index (χ3n) is 3.20. The van der Waals surface area contributed by atoms with E-state index in [0.29, 0.717) is 6.54 Å². The van der Waals surface area contributed by atoms with Crippen LogP contribution in [0.4, 0.5) is 24.8 Å². The smallest absolute Gasteiger partial charge is 0.423 e. The Hall–Kier alpha value is -2.31. The van der Waals surface area contributed by atoms with E-state index in [1.807, 2.05) is 38.1 Å². The summed E-state index contributed by atoms with van der Waals surface area (Å²) in [6, 6.07) is 7.53. The number of benzene rings is 1. The van der Waals surface area contributed by atoms with Crippen molar-refractivity contribution in [3.8, 4) is 5.88 Å². The third kappa shape index (κ3) is 3.13. The molecule has 0 aliphatic heterocycles. The number of anilines is 2. The SMILES string of the molecule is CCN(c1ncc(C(F)(F)F)c(OC)n1)c1ccccc1C. The van der Waals surface area contributed by atoms with Crippen molar-refractivity contribution in [1.29, 1.82) is 0 Å². The minimum atomic E-state index is -4.55. The van der Waals surface area contributed by atoms with E-state index in [-0.39, 0.29) is 5.95 Å². The van der Waals surface area contributed by atoms with Gasteiger partial charge < -0.3 is 9.64 Å². The van der Waals surface area contributed by atoms with E-state index in [0.717, 1.165) is 24.6 Å². The summed E-state index contributed by atoms with van der Waals surface area (Å²) in [6.07, 6.45) is -3.80. The highest BCUT2D eigenvalue weighted by molar-refractivity contribution is 5.61. The summed E-state index contributed by atoms with van der Waals surface area (Å²) in [6.45, 7) is 4.30. The lowest BCUT2D eigenvalue weighted by Crippen LogP contribution is -2.21. The van der Waals surface area contributed by atoms with Gasteiger partial charge in [0.25, 0.3) is 0 Å². The second kappa shape index (κ2) is 6.21. The molecule has 0 bridgehead atoms. The number of halogens is 3. The van der Waals surface area contributed by atoms with Gasteiger partial charge >= 0.3 is 6.18 Å². The first-order valence-corrected chi connectivity index (χ1v) is 6.69. The highest BCUT2D eigenvalue weighted by atomic mass is 19.4. The number of aromatic nitrogens is 2. The van der Waals surface area contributed by atoms with Crippen LogP contribution >= 0.6 is 0 Å². The molecule has 0 aliphatic rings. The van der Waals surface area contributed by atoms with Gasteiger partial charge in [0.1, 0.15) is 5.56 Å². The average Bonchev–Trinajstić information content (AvgIpc) is 2.48. The molecule has 0 atom stereocenters. The van der Waals surface area contributed by atoms with Gasteiger partial charge in [-0.1, -0.05) is 18.2 Å². The second-order valence-electron chi connectivity index (χ2n) is 4.62. The molecular formula is C15H16F3N3O. The van der Waals surface area contributed by atoms with Gasteiger partial charge in [0.15, 0.2) is 0 Å². The monoisotopic (exact) mass is 311 g/mol. The Kier molecular flexibility index (Phi) is 4.54. The van der Waals surface area contributed by atoms with E-state index in [1.54, 1.807) is 4.90 Å². The Balaban J connectivity index is 2.49. The molecule has 0 unspecified atom stereocenters. The molecule has 0 aliphatic carbocycles. The molecule has 2 rings (SSSR count). The number of ether oxygens (including phenoxy) is 1. The van der Waals surface area contributed by atoms with E-state index >= 15 is 0 Å². The summed E-state index contributed by atoms with van der Waals surface area (Å²) in [4.78, 5) is 9.51. The van der Waals surface area contributed by atoms with Gasteiger partial charge in [-0.25, -0.2) is 4.98 Å². The normalized spacial score (nSPS) is 11.4. The molecule has 1 heterocycles. The molecule has 118 valence electrons. The van der Waals surface area contributed by atoms with Crippen LogP contribution in [-0.2, 0) is 6.18 Å². The Labute approximate surface area is 126 Å². The molecule has 0 saturated carbocycles. The molecule has 0 amide bonds. The Morgan fingerprint density at radius 1 is 1.23 bits per heavy atom. The molecule has 4 nitrogen and oxygen atoms in total. The first-order chi connectivity index (χ1) is 10.4. The van der Waals surface area contributed by atoms with Crippen LogP contribution in [0.25, 0.3) is 0 Å². The lowest BCUT2D eigenvalue weighted by Gasteiger charge is -2.23. The summed E-state index contributed by atoms with van der Waals surface area (Å²) < 4.78 is 43.4. The number of methoxy groups -OCH3 is 1. The van der Waals surface area contributed by atoms with E-state index in [4.69, 9.17) is 4.74 Å².